The van der Waals surface area contributed by atoms with E-state index in [1.54, 1.807) is 4.90 Å². The molecule has 2 atom stereocenters. The maximum atomic E-state index is 13.0. The van der Waals surface area contributed by atoms with Gasteiger partial charge in [-0.1, -0.05) is 54.6 Å². The van der Waals surface area contributed by atoms with Crippen molar-refractivity contribution in [3.63, 3.8) is 0 Å². The normalized spacial score (nSPS) is 21.6. The lowest BCUT2D eigenvalue weighted by Crippen LogP contribution is -2.47. The van der Waals surface area contributed by atoms with Crippen LogP contribution in [-0.2, 0) is 22.4 Å². The van der Waals surface area contributed by atoms with Crippen LogP contribution in [0.15, 0.2) is 54.6 Å². The van der Waals surface area contributed by atoms with Gasteiger partial charge in [-0.2, -0.15) is 0 Å². The molecule has 0 saturated carbocycles. The molecule has 0 aromatic heterocycles. The lowest BCUT2D eigenvalue weighted by molar-refractivity contribution is -0.138. The van der Waals surface area contributed by atoms with Crippen molar-refractivity contribution >= 4 is 11.8 Å². The summed E-state index contributed by atoms with van der Waals surface area (Å²) in [6.45, 7) is 0.672. The summed E-state index contributed by atoms with van der Waals surface area (Å²) < 4.78 is 0. The highest BCUT2D eigenvalue weighted by Gasteiger charge is 2.35. The number of carbonyl (C=O) groups excluding carboxylic acids is 2. The molecule has 4 heteroatoms. The minimum atomic E-state index is -0.338. The predicted molar refractivity (Wildman–Crippen MR) is 105 cm³/mol. The molecule has 1 aliphatic heterocycles. The van der Waals surface area contributed by atoms with E-state index in [-0.39, 0.29) is 23.9 Å². The molecule has 4 rings (SSSR count). The Bertz CT molecular complexity index is 818. The van der Waals surface area contributed by atoms with Crippen LogP contribution in [0.1, 0.15) is 48.4 Å². The average Bonchev–Trinajstić information content (AvgIpc) is 3.19. The van der Waals surface area contributed by atoms with Crippen molar-refractivity contribution in [3.05, 3.63) is 71.3 Å². The second-order valence-electron chi connectivity index (χ2n) is 7.56. The molecule has 0 spiro atoms. The van der Waals surface area contributed by atoms with Crippen LogP contribution in [0.2, 0.25) is 0 Å². The van der Waals surface area contributed by atoms with Crippen molar-refractivity contribution in [2.75, 3.05) is 6.54 Å². The Morgan fingerprint density at radius 3 is 2.59 bits per heavy atom. The second-order valence-corrected chi connectivity index (χ2v) is 7.56. The van der Waals surface area contributed by atoms with Crippen molar-refractivity contribution in [3.8, 4) is 0 Å². The lowest BCUT2D eigenvalue weighted by Gasteiger charge is -2.30. The number of aryl methyl sites for hydroxylation is 1. The quantitative estimate of drug-likeness (QED) is 0.906. The molecule has 0 radical (unpaired) electrons. The molecule has 1 heterocycles. The smallest absolute Gasteiger partial charge is 0.243 e. The van der Waals surface area contributed by atoms with Crippen LogP contribution in [0.25, 0.3) is 0 Å². The van der Waals surface area contributed by atoms with Gasteiger partial charge in [-0.15, -0.1) is 0 Å². The third kappa shape index (κ3) is 3.90. The van der Waals surface area contributed by atoms with Crippen LogP contribution >= 0.6 is 0 Å². The van der Waals surface area contributed by atoms with Gasteiger partial charge in [0.15, 0.2) is 0 Å². The molecule has 1 aliphatic carbocycles. The molecule has 4 nitrogen and oxygen atoms in total. The number of nitrogens with zero attached hydrogens (tertiary/aromatic N) is 1. The monoisotopic (exact) mass is 362 g/mol. The van der Waals surface area contributed by atoms with Crippen LogP contribution < -0.4 is 5.32 Å². The molecule has 2 aromatic rings. The first kappa shape index (κ1) is 17.8. The fourth-order valence-electron chi connectivity index (χ4n) is 4.38. The van der Waals surface area contributed by atoms with E-state index in [1.807, 2.05) is 36.4 Å². The highest BCUT2D eigenvalue weighted by Crippen LogP contribution is 2.30. The molecule has 2 aromatic carbocycles. The fourth-order valence-corrected chi connectivity index (χ4v) is 4.38. The molecule has 27 heavy (non-hydrogen) atoms. The molecular weight excluding hydrogens is 336 g/mol. The average molecular weight is 362 g/mol. The number of fused-ring (bicyclic) bond motifs is 1. The van der Waals surface area contributed by atoms with Crippen molar-refractivity contribution in [2.45, 2.75) is 50.6 Å². The SMILES string of the molecule is O=C(NC1CCCc2ccccc21)C1CCCN1C(=O)Cc1ccccc1. The topological polar surface area (TPSA) is 49.4 Å². The fraction of sp³-hybridized carbons (Fsp3) is 0.391. The Hall–Kier alpha value is -2.62. The molecule has 140 valence electrons. The van der Waals surface area contributed by atoms with Crippen molar-refractivity contribution in [1.82, 2.24) is 10.2 Å². The summed E-state index contributed by atoms with van der Waals surface area (Å²) >= 11 is 0. The number of amides is 2. The summed E-state index contributed by atoms with van der Waals surface area (Å²) in [5, 5.41) is 3.23. The standard InChI is InChI=1S/C23H26N2O2/c26-22(16-17-8-2-1-3-9-17)25-15-7-14-21(25)23(27)24-20-13-6-11-18-10-4-5-12-19(18)20/h1-5,8-10,12,20-21H,6-7,11,13-16H2,(H,24,27). The maximum Gasteiger partial charge on any atom is 0.243 e. The predicted octanol–water partition coefficient (Wildman–Crippen LogP) is 3.41. The maximum absolute atomic E-state index is 13.0. The highest BCUT2D eigenvalue weighted by atomic mass is 16.2. The summed E-state index contributed by atoms with van der Waals surface area (Å²) in [5.41, 5.74) is 3.56. The zero-order chi connectivity index (χ0) is 18.6. The number of hydrogen-bond donors (Lipinski definition) is 1. The van der Waals surface area contributed by atoms with E-state index >= 15 is 0 Å². The van der Waals surface area contributed by atoms with Gasteiger partial charge in [0.05, 0.1) is 12.5 Å². The van der Waals surface area contributed by atoms with E-state index in [2.05, 4.69) is 23.5 Å². The van der Waals surface area contributed by atoms with Crippen LogP contribution in [0.3, 0.4) is 0 Å². The molecule has 1 N–H and O–H groups in total. The third-order valence-electron chi connectivity index (χ3n) is 5.76. The van der Waals surface area contributed by atoms with Gasteiger partial charge in [-0.25, -0.2) is 0 Å². The van der Waals surface area contributed by atoms with Crippen LogP contribution in [-0.4, -0.2) is 29.3 Å². The van der Waals surface area contributed by atoms with Gasteiger partial charge in [0.2, 0.25) is 11.8 Å². The van der Waals surface area contributed by atoms with E-state index in [0.717, 1.165) is 37.7 Å². The second kappa shape index (κ2) is 7.95. The molecule has 1 fully saturated rings. The zero-order valence-electron chi connectivity index (χ0n) is 15.6. The largest absolute Gasteiger partial charge is 0.347 e. The van der Waals surface area contributed by atoms with E-state index in [4.69, 9.17) is 0 Å². The first-order valence-corrected chi connectivity index (χ1v) is 9.94. The van der Waals surface area contributed by atoms with Gasteiger partial charge < -0.3 is 10.2 Å². The summed E-state index contributed by atoms with van der Waals surface area (Å²) in [5.74, 6) is 0.0403. The molecule has 2 amide bonds. The molecular formula is C23H26N2O2. The van der Waals surface area contributed by atoms with Crippen molar-refractivity contribution in [2.24, 2.45) is 0 Å². The zero-order valence-corrected chi connectivity index (χ0v) is 15.6. The Kier molecular flexibility index (Phi) is 5.23. The Morgan fingerprint density at radius 2 is 1.74 bits per heavy atom. The van der Waals surface area contributed by atoms with Gasteiger partial charge in [-0.05, 0) is 48.8 Å². The van der Waals surface area contributed by atoms with E-state index in [1.165, 1.54) is 11.1 Å². The number of rotatable bonds is 4. The van der Waals surface area contributed by atoms with Gasteiger partial charge in [-0.3, -0.25) is 9.59 Å². The van der Waals surface area contributed by atoms with Gasteiger partial charge in [0.25, 0.3) is 0 Å². The first-order valence-electron chi connectivity index (χ1n) is 9.94. The lowest BCUT2D eigenvalue weighted by atomic mass is 9.87. The summed E-state index contributed by atoms with van der Waals surface area (Å²) in [4.78, 5) is 27.5. The highest BCUT2D eigenvalue weighted by molar-refractivity contribution is 5.89. The number of hydrogen-bond acceptors (Lipinski definition) is 2. The van der Waals surface area contributed by atoms with Gasteiger partial charge in [0.1, 0.15) is 6.04 Å². The summed E-state index contributed by atoms with van der Waals surface area (Å²) in [6, 6.07) is 17.8. The first-order chi connectivity index (χ1) is 13.2. The molecule has 2 unspecified atom stereocenters. The molecule has 2 aliphatic rings. The Labute approximate surface area is 160 Å². The van der Waals surface area contributed by atoms with E-state index < -0.39 is 0 Å². The summed E-state index contributed by atoms with van der Waals surface area (Å²) in [6.07, 6.45) is 5.13. The van der Waals surface area contributed by atoms with Crippen LogP contribution in [0.4, 0.5) is 0 Å². The minimum absolute atomic E-state index is 0.00406. The Balaban J connectivity index is 1.43. The van der Waals surface area contributed by atoms with Crippen LogP contribution in [0, 0.1) is 0 Å². The number of carbonyl (C=O) groups is 2. The van der Waals surface area contributed by atoms with E-state index in [0.29, 0.717) is 13.0 Å². The molecule has 1 saturated heterocycles. The number of benzene rings is 2. The third-order valence-corrected chi connectivity index (χ3v) is 5.76. The van der Waals surface area contributed by atoms with Crippen LogP contribution in [0.5, 0.6) is 0 Å². The van der Waals surface area contributed by atoms with Crippen molar-refractivity contribution in [1.29, 1.82) is 0 Å². The minimum Gasteiger partial charge on any atom is -0.347 e. The molecule has 0 bridgehead atoms. The Morgan fingerprint density at radius 1 is 0.963 bits per heavy atom. The number of likely N-dealkylation sites (tertiary alicyclic amines) is 1. The van der Waals surface area contributed by atoms with Crippen molar-refractivity contribution < 1.29 is 9.59 Å². The number of nitrogens with one attached hydrogen (secondary N) is 1. The van der Waals surface area contributed by atoms with Gasteiger partial charge >= 0.3 is 0 Å². The summed E-state index contributed by atoms with van der Waals surface area (Å²) in [7, 11) is 0. The van der Waals surface area contributed by atoms with E-state index in [9.17, 15) is 9.59 Å². The van der Waals surface area contributed by atoms with Gasteiger partial charge in [0, 0.05) is 6.54 Å².